The van der Waals surface area contributed by atoms with Crippen LogP contribution in [0.3, 0.4) is 0 Å². The Morgan fingerprint density at radius 2 is 0.679 bits per heavy atom. The van der Waals surface area contributed by atoms with E-state index in [1.807, 2.05) is 48.3 Å². The van der Waals surface area contributed by atoms with E-state index in [0.29, 0.717) is 0 Å². The van der Waals surface area contributed by atoms with Crippen molar-refractivity contribution < 1.29 is 0 Å². The monoisotopic (exact) mass is 736 g/mol. The van der Waals surface area contributed by atoms with Crippen molar-refractivity contribution in [3.8, 4) is 41.8 Å². The van der Waals surface area contributed by atoms with E-state index in [9.17, 15) is 0 Å². The van der Waals surface area contributed by atoms with Gasteiger partial charge in [0.1, 0.15) is 0 Å². The molecular formula is C46H32N4S3. The highest BCUT2D eigenvalue weighted by atomic mass is 32.1. The third-order valence-corrected chi connectivity index (χ3v) is 12.1. The zero-order valence-corrected chi connectivity index (χ0v) is 30.9. The quantitative estimate of drug-likeness (QED) is 0.140. The molecule has 4 aromatic carbocycles. The summed E-state index contributed by atoms with van der Waals surface area (Å²) in [6, 6.07) is 56.3. The van der Waals surface area contributed by atoms with E-state index in [1.165, 1.54) is 41.8 Å². The molecule has 7 heteroatoms. The molecule has 0 atom stereocenters. The Kier molecular flexibility index (Phi) is 9.18. The van der Waals surface area contributed by atoms with E-state index in [2.05, 4.69) is 176 Å². The van der Waals surface area contributed by atoms with E-state index in [-0.39, 0.29) is 0 Å². The van der Waals surface area contributed by atoms with Gasteiger partial charge in [0.15, 0.2) is 0 Å². The van der Waals surface area contributed by atoms with Crippen LogP contribution in [0.25, 0.3) is 41.8 Å². The van der Waals surface area contributed by atoms with Gasteiger partial charge < -0.3 is 9.80 Å². The molecule has 5 heterocycles. The van der Waals surface area contributed by atoms with Crippen molar-refractivity contribution in [2.45, 2.75) is 0 Å². The molecule has 0 saturated carbocycles. The molecule has 0 spiro atoms. The predicted octanol–water partition coefficient (Wildman–Crippen LogP) is 14.3. The van der Waals surface area contributed by atoms with Crippen LogP contribution in [0.1, 0.15) is 0 Å². The molecule has 0 aliphatic carbocycles. The summed E-state index contributed by atoms with van der Waals surface area (Å²) >= 11 is 5.32. The fourth-order valence-electron chi connectivity index (χ4n) is 6.50. The Bertz CT molecular complexity index is 2330. The third-order valence-electron chi connectivity index (χ3n) is 9.10. The molecule has 53 heavy (non-hydrogen) atoms. The molecule has 0 unspecified atom stereocenters. The van der Waals surface area contributed by atoms with Gasteiger partial charge in [-0.05, 0) is 130 Å². The number of benzene rings is 4. The van der Waals surface area contributed by atoms with Crippen LogP contribution in [0.2, 0.25) is 0 Å². The van der Waals surface area contributed by atoms with Crippen LogP contribution < -0.4 is 9.80 Å². The molecule has 4 nitrogen and oxygen atoms in total. The van der Waals surface area contributed by atoms with Gasteiger partial charge in [0.05, 0.1) is 23.8 Å². The van der Waals surface area contributed by atoms with E-state index >= 15 is 0 Å². The van der Waals surface area contributed by atoms with E-state index in [1.54, 1.807) is 22.7 Å². The summed E-state index contributed by atoms with van der Waals surface area (Å²) < 4.78 is 0. The minimum Gasteiger partial charge on any atom is -0.309 e. The Morgan fingerprint density at radius 1 is 0.321 bits per heavy atom. The van der Waals surface area contributed by atoms with Gasteiger partial charge in [-0.2, -0.15) is 0 Å². The van der Waals surface area contributed by atoms with Crippen molar-refractivity contribution in [1.29, 1.82) is 0 Å². The lowest BCUT2D eigenvalue weighted by Crippen LogP contribution is -2.10. The number of thiophene rings is 3. The molecular weight excluding hydrogens is 705 g/mol. The third kappa shape index (κ3) is 6.93. The van der Waals surface area contributed by atoms with Gasteiger partial charge in [-0.3, -0.25) is 9.97 Å². The van der Waals surface area contributed by atoms with Crippen LogP contribution in [-0.2, 0) is 0 Å². The Balaban J connectivity index is 0.965. The van der Waals surface area contributed by atoms with E-state index in [4.69, 9.17) is 0 Å². The fourth-order valence-corrected chi connectivity index (χ4v) is 8.98. The van der Waals surface area contributed by atoms with E-state index < -0.39 is 0 Å². The Hall–Kier alpha value is -6.12. The van der Waals surface area contributed by atoms with Gasteiger partial charge in [0.2, 0.25) is 0 Å². The minimum atomic E-state index is 1.02. The zero-order chi connectivity index (χ0) is 35.4. The van der Waals surface area contributed by atoms with Crippen LogP contribution >= 0.6 is 34.0 Å². The van der Waals surface area contributed by atoms with E-state index in [0.717, 1.165) is 34.1 Å². The molecule has 0 fully saturated rings. The average molecular weight is 737 g/mol. The molecule has 254 valence electrons. The molecule has 0 radical (unpaired) electrons. The number of hydrogen-bond acceptors (Lipinski definition) is 7. The molecule has 5 aromatic heterocycles. The van der Waals surface area contributed by atoms with Crippen molar-refractivity contribution in [2.75, 3.05) is 9.80 Å². The maximum Gasteiger partial charge on any atom is 0.0644 e. The molecule has 0 amide bonds. The second-order valence-electron chi connectivity index (χ2n) is 12.4. The lowest BCUT2D eigenvalue weighted by Gasteiger charge is -2.25. The molecule has 0 saturated heterocycles. The number of hydrogen-bond donors (Lipinski definition) is 0. The summed E-state index contributed by atoms with van der Waals surface area (Å²) in [5, 5.41) is 4.23. The summed E-state index contributed by atoms with van der Waals surface area (Å²) in [6.45, 7) is 0. The van der Waals surface area contributed by atoms with Crippen LogP contribution in [0.5, 0.6) is 0 Å². The highest BCUT2D eigenvalue weighted by Crippen LogP contribution is 2.41. The van der Waals surface area contributed by atoms with Crippen LogP contribution in [0.15, 0.2) is 193 Å². The summed E-state index contributed by atoms with van der Waals surface area (Å²) in [4.78, 5) is 18.3. The highest BCUT2D eigenvalue weighted by Gasteiger charge is 2.16. The van der Waals surface area contributed by atoms with Gasteiger partial charge in [-0.1, -0.05) is 60.7 Å². The molecule has 0 bridgehead atoms. The smallest absolute Gasteiger partial charge is 0.0644 e. The molecule has 0 aliphatic rings. The van der Waals surface area contributed by atoms with Gasteiger partial charge in [-0.25, -0.2) is 0 Å². The number of anilines is 6. The standard InChI is InChI=1S/C46H32N4S3/c1-5-41(31-47-27-1)49(37-17-9-33(10-18-37)43-7-3-29-51-43)39-21-13-35(14-22-39)45-25-26-46(53-45)36-15-23-40(24-16-36)50(42-6-2-28-48-32-42)38-19-11-34(12-20-38)44-8-4-30-52-44/h1-32H. The molecule has 9 rings (SSSR count). The first-order valence-electron chi connectivity index (χ1n) is 17.3. The van der Waals surface area contributed by atoms with Crippen LogP contribution in [-0.4, -0.2) is 9.97 Å². The number of rotatable bonds is 10. The molecule has 0 aliphatic heterocycles. The van der Waals surface area contributed by atoms with Gasteiger partial charge in [0.25, 0.3) is 0 Å². The first-order chi connectivity index (χ1) is 26.3. The predicted molar refractivity (Wildman–Crippen MR) is 227 cm³/mol. The molecule has 0 N–H and O–H groups in total. The van der Waals surface area contributed by atoms with Crippen molar-refractivity contribution >= 4 is 68.1 Å². The van der Waals surface area contributed by atoms with Crippen LogP contribution in [0.4, 0.5) is 34.1 Å². The summed E-state index contributed by atoms with van der Waals surface area (Å²) in [7, 11) is 0. The second-order valence-corrected chi connectivity index (χ2v) is 15.4. The zero-order valence-electron chi connectivity index (χ0n) is 28.5. The normalized spacial score (nSPS) is 11.0. The second kappa shape index (κ2) is 14.9. The summed E-state index contributed by atoms with van der Waals surface area (Å²) in [5.41, 5.74) is 11.2. The number of nitrogens with zero attached hydrogens (tertiary/aromatic N) is 4. The Labute approximate surface area is 321 Å². The SMILES string of the molecule is c1cncc(N(c2ccc(-c3cccs3)cc2)c2ccc(-c3ccc(-c4ccc(N(c5ccc(-c6cccs6)cc5)c5cccnc5)cc4)s3)cc2)c1. The van der Waals surface area contributed by atoms with Gasteiger partial charge in [0, 0.05) is 54.7 Å². The molecule has 9 aromatic rings. The largest absolute Gasteiger partial charge is 0.309 e. The maximum absolute atomic E-state index is 4.43. The van der Waals surface area contributed by atoms with Crippen molar-refractivity contribution in [2.24, 2.45) is 0 Å². The number of aromatic nitrogens is 2. The summed E-state index contributed by atoms with van der Waals surface area (Å²) in [6.07, 6.45) is 7.45. The van der Waals surface area contributed by atoms with Crippen molar-refractivity contribution in [3.63, 3.8) is 0 Å². The number of pyridine rings is 2. The van der Waals surface area contributed by atoms with Gasteiger partial charge >= 0.3 is 0 Å². The maximum atomic E-state index is 4.43. The van der Waals surface area contributed by atoms with Crippen molar-refractivity contribution in [1.82, 2.24) is 9.97 Å². The summed E-state index contributed by atoms with van der Waals surface area (Å²) in [5.74, 6) is 0. The Morgan fingerprint density at radius 3 is 0.981 bits per heavy atom. The lowest BCUT2D eigenvalue weighted by atomic mass is 10.1. The minimum absolute atomic E-state index is 1.02. The van der Waals surface area contributed by atoms with Crippen molar-refractivity contribution in [3.05, 3.63) is 193 Å². The first-order valence-corrected chi connectivity index (χ1v) is 19.8. The van der Waals surface area contributed by atoms with Crippen LogP contribution in [0, 0.1) is 0 Å². The topological polar surface area (TPSA) is 32.3 Å². The fraction of sp³-hybridized carbons (Fsp3) is 0. The lowest BCUT2D eigenvalue weighted by molar-refractivity contribution is 1.23. The first kappa shape index (κ1) is 32.8. The average Bonchev–Trinajstić information content (AvgIpc) is 4.05. The van der Waals surface area contributed by atoms with Gasteiger partial charge in [-0.15, -0.1) is 34.0 Å². The highest BCUT2D eigenvalue weighted by molar-refractivity contribution is 7.18.